The zero-order valence-corrected chi connectivity index (χ0v) is 6.95. The zero-order valence-electron chi connectivity index (χ0n) is 6.95. The van der Waals surface area contributed by atoms with Crippen molar-refractivity contribution in [1.82, 2.24) is 0 Å². The molecule has 3 rings (SSSR count). The fourth-order valence-electron chi connectivity index (χ4n) is 3.40. The second-order valence-corrected chi connectivity index (χ2v) is 4.82. The molecule has 5 unspecified atom stereocenters. The van der Waals surface area contributed by atoms with Crippen LogP contribution in [0.15, 0.2) is 0 Å². The van der Waals surface area contributed by atoms with Gasteiger partial charge in [-0.05, 0) is 17.8 Å². The lowest BCUT2D eigenvalue weighted by atomic mass is 9.81. The number of hydrogen-bond acceptors (Lipinski definition) is 2. The largest absolute Gasteiger partial charge is 0.393 e. The monoisotopic (exact) mass is 154 g/mol. The standard InChI is InChI=1S/C9H14O2/c1-9(2)4-3-5(10)6(9)8-7(4)11-8/h4-8,10H,3H2,1-2H3. The molecule has 0 aromatic carbocycles. The van der Waals surface area contributed by atoms with Gasteiger partial charge >= 0.3 is 0 Å². The number of fused-ring (bicyclic) bond motifs is 5. The fourth-order valence-corrected chi connectivity index (χ4v) is 3.40. The first-order chi connectivity index (χ1) is 5.12. The van der Waals surface area contributed by atoms with Gasteiger partial charge in [0.1, 0.15) is 0 Å². The average molecular weight is 154 g/mol. The Morgan fingerprint density at radius 1 is 1.36 bits per heavy atom. The maximum Gasteiger partial charge on any atom is 0.0902 e. The van der Waals surface area contributed by atoms with Crippen molar-refractivity contribution in [3.05, 3.63) is 0 Å². The van der Waals surface area contributed by atoms with Crippen molar-refractivity contribution < 1.29 is 9.84 Å². The lowest BCUT2D eigenvalue weighted by molar-refractivity contribution is 0.0640. The second-order valence-electron chi connectivity index (χ2n) is 4.82. The summed E-state index contributed by atoms with van der Waals surface area (Å²) in [7, 11) is 0. The highest BCUT2D eigenvalue weighted by Gasteiger charge is 2.71. The van der Waals surface area contributed by atoms with Crippen LogP contribution in [0.5, 0.6) is 0 Å². The molecule has 1 heterocycles. The van der Waals surface area contributed by atoms with Crippen LogP contribution in [0.1, 0.15) is 20.3 Å². The first-order valence-electron chi connectivity index (χ1n) is 4.46. The van der Waals surface area contributed by atoms with E-state index in [1.165, 1.54) is 0 Å². The van der Waals surface area contributed by atoms with Crippen LogP contribution >= 0.6 is 0 Å². The minimum atomic E-state index is -0.0845. The maximum atomic E-state index is 9.67. The molecule has 3 aliphatic rings. The summed E-state index contributed by atoms with van der Waals surface area (Å²) in [6.45, 7) is 4.54. The Labute approximate surface area is 66.5 Å². The number of epoxide rings is 1. The van der Waals surface area contributed by atoms with Crippen LogP contribution in [0, 0.1) is 17.3 Å². The maximum absolute atomic E-state index is 9.67. The van der Waals surface area contributed by atoms with Crippen molar-refractivity contribution >= 4 is 0 Å². The van der Waals surface area contributed by atoms with Crippen molar-refractivity contribution in [1.29, 1.82) is 0 Å². The van der Waals surface area contributed by atoms with E-state index in [4.69, 9.17) is 4.74 Å². The van der Waals surface area contributed by atoms with Crippen LogP contribution in [0.3, 0.4) is 0 Å². The predicted molar refractivity (Wildman–Crippen MR) is 40.0 cm³/mol. The zero-order chi connectivity index (χ0) is 7.80. The normalized spacial score (nSPS) is 63.0. The Hall–Kier alpha value is -0.0800. The molecule has 2 bridgehead atoms. The van der Waals surface area contributed by atoms with Crippen molar-refractivity contribution in [2.24, 2.45) is 17.3 Å². The van der Waals surface area contributed by atoms with Gasteiger partial charge in [-0.1, -0.05) is 13.8 Å². The molecule has 11 heavy (non-hydrogen) atoms. The summed E-state index contributed by atoms with van der Waals surface area (Å²) >= 11 is 0. The first kappa shape index (κ1) is 6.44. The molecule has 1 aliphatic heterocycles. The van der Waals surface area contributed by atoms with Crippen LogP contribution in [0.4, 0.5) is 0 Å². The van der Waals surface area contributed by atoms with E-state index in [2.05, 4.69) is 13.8 Å². The van der Waals surface area contributed by atoms with Gasteiger partial charge in [-0.2, -0.15) is 0 Å². The quantitative estimate of drug-likeness (QED) is 0.523. The van der Waals surface area contributed by atoms with Gasteiger partial charge in [0.05, 0.1) is 18.3 Å². The highest BCUT2D eigenvalue weighted by Crippen LogP contribution is 2.65. The molecule has 0 spiro atoms. The van der Waals surface area contributed by atoms with Crippen LogP contribution in [0.25, 0.3) is 0 Å². The number of aliphatic hydroxyl groups is 1. The van der Waals surface area contributed by atoms with E-state index in [0.29, 0.717) is 29.5 Å². The molecular formula is C9H14O2. The summed E-state index contributed by atoms with van der Waals surface area (Å²) in [5.74, 6) is 1.06. The number of rotatable bonds is 0. The highest BCUT2D eigenvalue weighted by atomic mass is 16.6. The van der Waals surface area contributed by atoms with Crippen molar-refractivity contribution in [2.45, 2.75) is 38.6 Å². The lowest BCUT2D eigenvalue weighted by Crippen LogP contribution is -2.28. The van der Waals surface area contributed by atoms with E-state index in [0.717, 1.165) is 6.42 Å². The number of hydrogen-bond donors (Lipinski definition) is 1. The topological polar surface area (TPSA) is 32.8 Å². The van der Waals surface area contributed by atoms with E-state index in [1.807, 2.05) is 0 Å². The van der Waals surface area contributed by atoms with Crippen molar-refractivity contribution in [3.63, 3.8) is 0 Å². The summed E-state index contributed by atoms with van der Waals surface area (Å²) in [4.78, 5) is 0. The third-order valence-corrected chi connectivity index (χ3v) is 4.04. The second kappa shape index (κ2) is 1.50. The van der Waals surface area contributed by atoms with Gasteiger partial charge in [0, 0.05) is 5.92 Å². The molecule has 5 atom stereocenters. The molecule has 62 valence electrons. The first-order valence-corrected chi connectivity index (χ1v) is 4.46. The van der Waals surface area contributed by atoms with Crippen LogP contribution in [0.2, 0.25) is 0 Å². The van der Waals surface area contributed by atoms with Crippen molar-refractivity contribution in [3.8, 4) is 0 Å². The van der Waals surface area contributed by atoms with Crippen molar-refractivity contribution in [2.75, 3.05) is 0 Å². The minimum absolute atomic E-state index is 0.0845. The molecule has 2 aliphatic carbocycles. The molecule has 0 aromatic heterocycles. The Balaban J connectivity index is 2.03. The smallest absolute Gasteiger partial charge is 0.0902 e. The van der Waals surface area contributed by atoms with Gasteiger partial charge in [0.15, 0.2) is 0 Å². The van der Waals surface area contributed by atoms with E-state index in [-0.39, 0.29) is 6.10 Å². The Morgan fingerprint density at radius 3 is 2.55 bits per heavy atom. The van der Waals surface area contributed by atoms with Gasteiger partial charge < -0.3 is 9.84 Å². The number of ether oxygens (including phenoxy) is 1. The Morgan fingerprint density at radius 2 is 2.09 bits per heavy atom. The molecular weight excluding hydrogens is 140 g/mol. The molecule has 1 N–H and O–H groups in total. The summed E-state index contributed by atoms with van der Waals surface area (Å²) in [6, 6.07) is 0. The molecule has 2 heteroatoms. The third kappa shape index (κ3) is 0.541. The SMILES string of the molecule is CC1(C)C2CC(O)C1C1OC12. The van der Waals surface area contributed by atoms with E-state index < -0.39 is 0 Å². The third-order valence-electron chi connectivity index (χ3n) is 4.04. The van der Waals surface area contributed by atoms with Gasteiger partial charge in [-0.15, -0.1) is 0 Å². The summed E-state index contributed by atoms with van der Waals surface area (Å²) in [6.07, 6.45) is 1.81. The molecule has 2 saturated carbocycles. The molecule has 2 nitrogen and oxygen atoms in total. The van der Waals surface area contributed by atoms with E-state index >= 15 is 0 Å². The Kier molecular flexibility index (Phi) is 0.879. The predicted octanol–water partition coefficient (Wildman–Crippen LogP) is 0.791. The van der Waals surface area contributed by atoms with Gasteiger partial charge in [0.2, 0.25) is 0 Å². The molecule has 0 aromatic rings. The van der Waals surface area contributed by atoms with E-state index in [1.54, 1.807) is 0 Å². The molecule has 3 fully saturated rings. The number of aliphatic hydroxyl groups excluding tert-OH is 1. The summed E-state index contributed by atoms with van der Waals surface area (Å²) < 4.78 is 5.49. The summed E-state index contributed by atoms with van der Waals surface area (Å²) in [5, 5.41) is 9.67. The summed E-state index contributed by atoms with van der Waals surface area (Å²) in [5.41, 5.74) is 0.340. The lowest BCUT2D eigenvalue weighted by Gasteiger charge is -2.26. The van der Waals surface area contributed by atoms with Gasteiger partial charge in [0.25, 0.3) is 0 Å². The molecule has 0 amide bonds. The van der Waals surface area contributed by atoms with Crippen LogP contribution in [-0.2, 0) is 4.74 Å². The average Bonchev–Trinajstić information content (AvgIpc) is 2.55. The minimum Gasteiger partial charge on any atom is -0.393 e. The van der Waals surface area contributed by atoms with E-state index in [9.17, 15) is 5.11 Å². The fraction of sp³-hybridized carbons (Fsp3) is 1.00. The van der Waals surface area contributed by atoms with Gasteiger partial charge in [-0.3, -0.25) is 0 Å². The van der Waals surface area contributed by atoms with Gasteiger partial charge in [-0.25, -0.2) is 0 Å². The van der Waals surface area contributed by atoms with Crippen LogP contribution < -0.4 is 0 Å². The highest BCUT2D eigenvalue weighted by molar-refractivity contribution is 5.18. The molecule has 0 radical (unpaired) electrons. The Bertz CT molecular complexity index is 210. The molecule has 1 saturated heterocycles. The van der Waals surface area contributed by atoms with Crippen LogP contribution in [-0.4, -0.2) is 23.4 Å².